The fourth-order valence-electron chi connectivity index (χ4n) is 6.13. The number of ether oxygens (including phenoxy) is 1. The van der Waals surface area contributed by atoms with Crippen molar-refractivity contribution in [1.82, 2.24) is 10.6 Å². The van der Waals surface area contributed by atoms with Crippen molar-refractivity contribution in [3.63, 3.8) is 0 Å². The second kappa shape index (κ2) is 12.7. The highest BCUT2D eigenvalue weighted by Gasteiger charge is 2.49. The van der Waals surface area contributed by atoms with Gasteiger partial charge in [0.25, 0.3) is 0 Å². The number of aryl methyl sites for hydroxylation is 1. The molecule has 1 aliphatic carbocycles. The minimum absolute atomic E-state index is 0.0687. The first-order chi connectivity index (χ1) is 18.0. The molecule has 1 heterocycles. The molecule has 2 aromatic rings. The molecular formula is C32H44N4O. The van der Waals surface area contributed by atoms with Crippen LogP contribution >= 0.6 is 0 Å². The molecule has 0 bridgehead atoms. The molecule has 4 rings (SSSR count). The molecule has 5 heteroatoms. The molecule has 2 unspecified atom stereocenters. The van der Waals surface area contributed by atoms with E-state index < -0.39 is 0 Å². The molecule has 0 amide bonds. The average molecular weight is 501 g/mol. The third-order valence-corrected chi connectivity index (χ3v) is 8.72. The lowest BCUT2D eigenvalue weighted by molar-refractivity contribution is 0.173. The third-order valence-electron chi connectivity index (χ3n) is 8.72. The molecule has 2 aromatic carbocycles. The van der Waals surface area contributed by atoms with Gasteiger partial charge in [-0.15, -0.1) is 0 Å². The molecule has 0 spiro atoms. The Labute approximate surface area is 223 Å². The number of nitrogens with one attached hydrogen (secondary N) is 2. The Morgan fingerprint density at radius 2 is 1.78 bits per heavy atom. The largest absolute Gasteiger partial charge is 0.349 e. The monoisotopic (exact) mass is 500 g/mol. The molecule has 2 atom stereocenters. The number of unbranched alkanes of at least 4 members (excludes halogenated alkanes) is 3. The van der Waals surface area contributed by atoms with Crippen LogP contribution in [-0.2, 0) is 15.9 Å². The number of aliphatic imine (C=N–C) groups is 1. The van der Waals surface area contributed by atoms with Crippen LogP contribution in [0, 0.1) is 30.2 Å². The van der Waals surface area contributed by atoms with Crippen molar-refractivity contribution in [2.24, 2.45) is 16.8 Å². The first-order valence-electron chi connectivity index (χ1n) is 14.2. The van der Waals surface area contributed by atoms with Gasteiger partial charge in [-0.3, -0.25) is 15.6 Å². The average Bonchev–Trinajstić information content (AvgIpc) is 3.73. The van der Waals surface area contributed by atoms with Gasteiger partial charge in [-0.05, 0) is 56.1 Å². The maximum absolute atomic E-state index is 9.36. The van der Waals surface area contributed by atoms with Crippen LogP contribution in [0.1, 0.15) is 81.9 Å². The van der Waals surface area contributed by atoms with Crippen LogP contribution in [0.15, 0.2) is 59.6 Å². The predicted molar refractivity (Wildman–Crippen MR) is 151 cm³/mol. The zero-order valence-electron chi connectivity index (χ0n) is 22.9. The number of hydrogen-bond acceptors (Lipinski definition) is 4. The zero-order chi connectivity index (χ0) is 26.1. The van der Waals surface area contributed by atoms with E-state index in [0.29, 0.717) is 5.92 Å². The molecule has 1 saturated carbocycles. The van der Waals surface area contributed by atoms with Gasteiger partial charge in [0.15, 0.2) is 11.9 Å². The lowest BCUT2D eigenvalue weighted by atomic mass is 9.64. The summed E-state index contributed by atoms with van der Waals surface area (Å²) in [6, 6.07) is 19.6. The molecule has 0 aromatic heterocycles. The minimum atomic E-state index is -0.356. The smallest absolute Gasteiger partial charge is 0.182 e. The number of hydrogen-bond donors (Lipinski definition) is 2. The van der Waals surface area contributed by atoms with Crippen molar-refractivity contribution in [2.75, 3.05) is 19.7 Å². The lowest BCUT2D eigenvalue weighted by Gasteiger charge is -2.43. The van der Waals surface area contributed by atoms with E-state index in [1.807, 2.05) is 0 Å². The van der Waals surface area contributed by atoms with E-state index in [0.717, 1.165) is 57.6 Å². The standard InChI is InChI=1S/C32H44N4O/c1-4-5-6-12-21-34-30(35-24-33)26(3)27-17-19-31(20-18-27,28-14-8-7-9-15-28)22-36-32(23-37-32)29-16-11-10-13-25(29)2/h7-11,13-16,26-27,36H,4-6,12,17-23H2,1-3H3,(H,34,35). The Hall–Kier alpha value is -2.68. The second-order valence-corrected chi connectivity index (χ2v) is 11.1. The predicted octanol–water partition coefficient (Wildman–Crippen LogP) is 6.58. The van der Waals surface area contributed by atoms with Crippen LogP contribution in [0.25, 0.3) is 0 Å². The molecule has 198 valence electrons. The van der Waals surface area contributed by atoms with E-state index in [4.69, 9.17) is 9.73 Å². The Morgan fingerprint density at radius 1 is 1.08 bits per heavy atom. The third kappa shape index (κ3) is 6.61. The summed E-state index contributed by atoms with van der Waals surface area (Å²) >= 11 is 0. The summed E-state index contributed by atoms with van der Waals surface area (Å²) in [7, 11) is 0. The van der Waals surface area contributed by atoms with Crippen molar-refractivity contribution in [2.45, 2.75) is 83.3 Å². The summed E-state index contributed by atoms with van der Waals surface area (Å²) < 4.78 is 6.05. The van der Waals surface area contributed by atoms with Crippen LogP contribution in [0.4, 0.5) is 0 Å². The summed E-state index contributed by atoms with van der Waals surface area (Å²) in [6.45, 7) is 9.06. The highest BCUT2D eigenvalue weighted by molar-refractivity contribution is 5.85. The molecule has 1 aliphatic heterocycles. The van der Waals surface area contributed by atoms with Gasteiger partial charge >= 0.3 is 0 Å². The molecular weight excluding hydrogens is 456 g/mol. The van der Waals surface area contributed by atoms with Gasteiger partial charge in [-0.25, -0.2) is 0 Å². The van der Waals surface area contributed by atoms with Gasteiger partial charge in [0.1, 0.15) is 5.84 Å². The Morgan fingerprint density at radius 3 is 2.43 bits per heavy atom. The van der Waals surface area contributed by atoms with E-state index in [1.54, 1.807) is 0 Å². The van der Waals surface area contributed by atoms with Crippen LogP contribution in [-0.4, -0.2) is 25.5 Å². The van der Waals surface area contributed by atoms with E-state index >= 15 is 0 Å². The SMILES string of the molecule is CCCCCCN=C(NC#N)C(C)C1CCC(CNC2(c3ccccc3C)CO2)(c2ccccc2)CC1. The Balaban J connectivity index is 1.45. The Bertz CT molecular complexity index is 1060. The van der Waals surface area contributed by atoms with Gasteiger partial charge in [-0.2, -0.15) is 5.26 Å². The summed E-state index contributed by atoms with van der Waals surface area (Å²) in [5.74, 6) is 1.66. The lowest BCUT2D eigenvalue weighted by Crippen LogP contribution is -2.46. The van der Waals surface area contributed by atoms with Gasteiger partial charge in [-0.1, -0.05) is 87.7 Å². The van der Waals surface area contributed by atoms with Crippen LogP contribution in [0.3, 0.4) is 0 Å². The van der Waals surface area contributed by atoms with Crippen LogP contribution in [0.2, 0.25) is 0 Å². The summed E-state index contributed by atoms with van der Waals surface area (Å²) in [6.07, 6.45) is 11.4. The quantitative estimate of drug-likeness (QED) is 0.0862. The Kier molecular flexibility index (Phi) is 9.40. The van der Waals surface area contributed by atoms with Crippen molar-refractivity contribution >= 4 is 5.84 Å². The first kappa shape index (κ1) is 27.4. The molecule has 2 fully saturated rings. The first-order valence-corrected chi connectivity index (χ1v) is 14.2. The molecule has 0 radical (unpaired) electrons. The highest BCUT2D eigenvalue weighted by atomic mass is 16.6. The molecule has 37 heavy (non-hydrogen) atoms. The summed E-state index contributed by atoms with van der Waals surface area (Å²) in [5, 5.41) is 16.2. The van der Waals surface area contributed by atoms with Gasteiger partial charge in [0.05, 0.1) is 6.61 Å². The van der Waals surface area contributed by atoms with Crippen molar-refractivity contribution in [1.29, 1.82) is 5.26 Å². The maximum atomic E-state index is 9.36. The normalized spacial score (nSPS) is 26.3. The minimum Gasteiger partial charge on any atom is -0.349 e. The number of nitriles is 1. The van der Waals surface area contributed by atoms with E-state index in [2.05, 4.69) is 92.2 Å². The van der Waals surface area contributed by atoms with Crippen molar-refractivity contribution in [3.05, 3.63) is 71.3 Å². The topological polar surface area (TPSA) is 72.7 Å². The zero-order valence-corrected chi connectivity index (χ0v) is 22.9. The number of rotatable bonds is 12. The molecule has 5 nitrogen and oxygen atoms in total. The summed E-state index contributed by atoms with van der Waals surface area (Å²) in [5.41, 5.74) is 3.65. The fourth-order valence-corrected chi connectivity index (χ4v) is 6.13. The number of amidine groups is 1. The van der Waals surface area contributed by atoms with Gasteiger partial charge in [0.2, 0.25) is 0 Å². The van der Waals surface area contributed by atoms with Crippen molar-refractivity contribution in [3.8, 4) is 6.19 Å². The van der Waals surface area contributed by atoms with Crippen LogP contribution < -0.4 is 10.6 Å². The number of nitrogens with zero attached hydrogens (tertiary/aromatic N) is 2. The summed E-state index contributed by atoms with van der Waals surface area (Å²) in [4.78, 5) is 4.83. The molecule has 2 aliphatic rings. The van der Waals surface area contributed by atoms with E-state index in [-0.39, 0.29) is 17.1 Å². The van der Waals surface area contributed by atoms with Crippen molar-refractivity contribution < 1.29 is 4.74 Å². The fraction of sp³-hybridized carbons (Fsp3) is 0.562. The van der Waals surface area contributed by atoms with Gasteiger partial charge < -0.3 is 4.74 Å². The van der Waals surface area contributed by atoms with E-state index in [9.17, 15) is 5.26 Å². The van der Waals surface area contributed by atoms with Crippen LogP contribution in [0.5, 0.6) is 0 Å². The number of benzene rings is 2. The molecule has 1 saturated heterocycles. The van der Waals surface area contributed by atoms with Gasteiger partial charge in [0, 0.05) is 30.0 Å². The second-order valence-electron chi connectivity index (χ2n) is 11.1. The molecule has 2 N–H and O–H groups in total. The maximum Gasteiger partial charge on any atom is 0.182 e. The van der Waals surface area contributed by atoms with E-state index in [1.165, 1.54) is 36.0 Å². The number of epoxide rings is 1. The highest BCUT2D eigenvalue weighted by Crippen LogP contribution is 2.45.